The average molecular weight is 354 g/mol. The van der Waals surface area contributed by atoms with E-state index in [1.165, 1.54) is 17.5 Å². The van der Waals surface area contributed by atoms with Crippen molar-refractivity contribution in [2.45, 2.75) is 25.9 Å². The van der Waals surface area contributed by atoms with Gasteiger partial charge in [0.05, 0.1) is 24.5 Å². The molecule has 6 nitrogen and oxygen atoms in total. The summed E-state index contributed by atoms with van der Waals surface area (Å²) < 4.78 is 11.1. The van der Waals surface area contributed by atoms with Crippen molar-refractivity contribution in [2.24, 2.45) is 0 Å². The Balaban J connectivity index is 1.67. The number of thiazole rings is 1. The van der Waals surface area contributed by atoms with Crippen molar-refractivity contribution in [3.8, 4) is 5.88 Å². The summed E-state index contributed by atoms with van der Waals surface area (Å²) in [5.41, 5.74) is 1.23. The first-order valence-electron chi connectivity index (χ1n) is 7.25. The molecule has 0 bridgehead atoms. The van der Waals surface area contributed by atoms with Gasteiger partial charge in [0.15, 0.2) is 5.13 Å². The molecule has 1 fully saturated rings. The van der Waals surface area contributed by atoms with Crippen LogP contribution in [0.25, 0.3) is 0 Å². The summed E-state index contributed by atoms with van der Waals surface area (Å²) in [6, 6.07) is 1.55. The highest BCUT2D eigenvalue weighted by atomic mass is 35.5. The lowest BCUT2D eigenvalue weighted by Gasteiger charge is -2.23. The van der Waals surface area contributed by atoms with Gasteiger partial charge in [-0.25, -0.2) is 9.97 Å². The molecule has 2 aromatic heterocycles. The number of pyridine rings is 1. The number of hydrogen-bond donors (Lipinski definition) is 1. The van der Waals surface area contributed by atoms with Crippen LogP contribution in [0.5, 0.6) is 5.88 Å². The largest absolute Gasteiger partial charge is 0.473 e. The minimum absolute atomic E-state index is 0.0479. The van der Waals surface area contributed by atoms with Crippen LogP contribution >= 0.6 is 22.9 Å². The van der Waals surface area contributed by atoms with E-state index in [1.807, 2.05) is 12.3 Å². The van der Waals surface area contributed by atoms with Crippen LogP contribution in [0, 0.1) is 6.92 Å². The second-order valence-electron chi connectivity index (χ2n) is 5.19. The van der Waals surface area contributed by atoms with Gasteiger partial charge in [-0.15, -0.1) is 11.3 Å². The maximum atomic E-state index is 12.2. The topological polar surface area (TPSA) is 73.3 Å². The number of nitrogens with one attached hydrogen (secondary N) is 1. The quantitative estimate of drug-likeness (QED) is 0.912. The molecule has 0 radical (unpaired) electrons. The van der Waals surface area contributed by atoms with E-state index in [0.29, 0.717) is 34.8 Å². The molecular formula is C15H16ClN3O3S. The molecule has 0 spiro atoms. The van der Waals surface area contributed by atoms with Crippen LogP contribution < -0.4 is 10.1 Å². The molecule has 1 aliphatic heterocycles. The van der Waals surface area contributed by atoms with Gasteiger partial charge in [0, 0.05) is 24.4 Å². The minimum Gasteiger partial charge on any atom is -0.473 e. The zero-order valence-electron chi connectivity index (χ0n) is 12.5. The van der Waals surface area contributed by atoms with Gasteiger partial charge in [0.1, 0.15) is 11.1 Å². The lowest BCUT2D eigenvalue weighted by molar-refractivity contribution is 0.0238. The molecule has 0 aliphatic carbocycles. The highest BCUT2D eigenvalue weighted by Crippen LogP contribution is 2.26. The van der Waals surface area contributed by atoms with E-state index in [4.69, 9.17) is 21.1 Å². The Kier molecular flexibility index (Phi) is 5.09. The number of halogens is 1. The number of nitrogens with zero attached hydrogens (tertiary/aromatic N) is 2. The molecule has 1 aliphatic rings. The van der Waals surface area contributed by atoms with E-state index in [9.17, 15) is 4.79 Å². The van der Waals surface area contributed by atoms with E-state index < -0.39 is 0 Å². The first kappa shape index (κ1) is 16.2. The van der Waals surface area contributed by atoms with Gasteiger partial charge in [-0.2, -0.15) is 0 Å². The first-order valence-corrected chi connectivity index (χ1v) is 8.51. The van der Waals surface area contributed by atoms with Gasteiger partial charge in [0.25, 0.3) is 5.91 Å². The van der Waals surface area contributed by atoms with Crippen molar-refractivity contribution in [3.05, 3.63) is 33.9 Å². The minimum atomic E-state index is -0.300. The Morgan fingerprint density at radius 3 is 2.91 bits per heavy atom. The molecule has 0 aromatic carbocycles. The predicted molar refractivity (Wildman–Crippen MR) is 88.5 cm³/mol. The number of aromatic nitrogens is 2. The summed E-state index contributed by atoms with van der Waals surface area (Å²) in [6.07, 6.45) is 3.12. The van der Waals surface area contributed by atoms with Crippen LogP contribution in [-0.4, -0.2) is 35.2 Å². The zero-order chi connectivity index (χ0) is 16.2. The Morgan fingerprint density at radius 1 is 1.48 bits per heavy atom. The number of ether oxygens (including phenoxy) is 2. The van der Waals surface area contributed by atoms with E-state index >= 15 is 0 Å². The third kappa shape index (κ3) is 4.19. The van der Waals surface area contributed by atoms with Crippen molar-refractivity contribution in [2.75, 3.05) is 18.5 Å². The molecular weight excluding hydrogens is 338 g/mol. The maximum absolute atomic E-state index is 12.2. The smallest absolute Gasteiger partial charge is 0.259 e. The van der Waals surface area contributed by atoms with Crippen LogP contribution in [0.2, 0.25) is 5.02 Å². The first-order chi connectivity index (χ1) is 11.1. The Labute approximate surface area is 142 Å². The fourth-order valence-corrected chi connectivity index (χ4v) is 3.06. The molecule has 3 heterocycles. The monoisotopic (exact) mass is 353 g/mol. The number of carbonyl (C=O) groups is 1. The third-order valence-corrected chi connectivity index (χ3v) is 4.50. The van der Waals surface area contributed by atoms with Gasteiger partial charge in [-0.3, -0.25) is 10.1 Å². The Bertz CT molecular complexity index is 701. The van der Waals surface area contributed by atoms with E-state index in [-0.39, 0.29) is 12.0 Å². The lowest BCUT2D eigenvalue weighted by atomic mass is 10.1. The fourth-order valence-electron chi connectivity index (χ4n) is 2.17. The highest BCUT2D eigenvalue weighted by Gasteiger charge is 2.18. The van der Waals surface area contributed by atoms with Gasteiger partial charge in [-0.1, -0.05) is 11.6 Å². The summed E-state index contributed by atoms with van der Waals surface area (Å²) in [7, 11) is 0. The average Bonchev–Trinajstić information content (AvgIpc) is 2.95. The molecule has 1 N–H and O–H groups in total. The Morgan fingerprint density at radius 2 is 2.26 bits per heavy atom. The van der Waals surface area contributed by atoms with Crippen LogP contribution in [0.1, 0.15) is 28.9 Å². The van der Waals surface area contributed by atoms with Crippen LogP contribution in [0.15, 0.2) is 17.6 Å². The summed E-state index contributed by atoms with van der Waals surface area (Å²) in [6.45, 7) is 3.22. The molecule has 0 atom stereocenters. The molecule has 0 unspecified atom stereocenters. The number of carbonyl (C=O) groups excluding carboxylic acids is 1. The van der Waals surface area contributed by atoms with Crippen LogP contribution in [0.3, 0.4) is 0 Å². The van der Waals surface area contributed by atoms with Gasteiger partial charge >= 0.3 is 0 Å². The summed E-state index contributed by atoms with van der Waals surface area (Å²) in [4.78, 5) is 20.5. The van der Waals surface area contributed by atoms with Crippen molar-refractivity contribution < 1.29 is 14.3 Å². The molecule has 23 heavy (non-hydrogen) atoms. The van der Waals surface area contributed by atoms with Crippen LogP contribution in [0.4, 0.5) is 5.13 Å². The molecule has 3 rings (SSSR count). The normalized spacial score (nSPS) is 15.4. The van der Waals surface area contributed by atoms with Crippen molar-refractivity contribution in [3.63, 3.8) is 0 Å². The second kappa shape index (κ2) is 7.25. The molecule has 1 saturated heterocycles. The fraction of sp³-hybridized carbons (Fsp3) is 0.400. The lowest BCUT2D eigenvalue weighted by Crippen LogP contribution is -2.26. The molecule has 2 aromatic rings. The van der Waals surface area contributed by atoms with Crippen molar-refractivity contribution in [1.82, 2.24) is 9.97 Å². The SMILES string of the molecule is Cc1csc(NC(=O)c2cnc(OC3CCOCC3)c(Cl)c2)n1. The number of anilines is 1. The number of rotatable bonds is 4. The summed E-state index contributed by atoms with van der Waals surface area (Å²) in [5.74, 6) is 0.0478. The van der Waals surface area contributed by atoms with Gasteiger partial charge in [0.2, 0.25) is 5.88 Å². The standard InChI is InChI=1S/C15H16ClN3O3S/c1-9-8-23-15(18-9)19-13(20)10-6-12(16)14(17-7-10)22-11-2-4-21-5-3-11/h6-8,11H,2-5H2,1H3,(H,18,19,20). The number of aryl methyl sites for hydroxylation is 1. The molecule has 0 saturated carbocycles. The van der Waals surface area contributed by atoms with E-state index in [2.05, 4.69) is 15.3 Å². The molecule has 8 heteroatoms. The molecule has 122 valence electrons. The van der Waals surface area contributed by atoms with Crippen molar-refractivity contribution in [1.29, 1.82) is 0 Å². The van der Waals surface area contributed by atoms with E-state index in [1.54, 1.807) is 6.07 Å². The highest BCUT2D eigenvalue weighted by molar-refractivity contribution is 7.13. The van der Waals surface area contributed by atoms with Gasteiger partial charge < -0.3 is 9.47 Å². The summed E-state index contributed by atoms with van der Waals surface area (Å²) in [5, 5.41) is 5.45. The second-order valence-corrected chi connectivity index (χ2v) is 6.45. The summed E-state index contributed by atoms with van der Waals surface area (Å²) >= 11 is 7.56. The number of amides is 1. The zero-order valence-corrected chi connectivity index (χ0v) is 14.1. The Hall–Kier alpha value is -1.70. The predicted octanol–water partition coefficient (Wildman–Crippen LogP) is 3.31. The number of hydrogen-bond acceptors (Lipinski definition) is 6. The van der Waals surface area contributed by atoms with Gasteiger partial charge in [-0.05, 0) is 13.0 Å². The van der Waals surface area contributed by atoms with Crippen molar-refractivity contribution >= 4 is 34.0 Å². The maximum Gasteiger partial charge on any atom is 0.259 e. The van der Waals surface area contributed by atoms with E-state index in [0.717, 1.165) is 18.5 Å². The third-order valence-electron chi connectivity index (χ3n) is 3.36. The van der Waals surface area contributed by atoms with Crippen LogP contribution in [-0.2, 0) is 4.74 Å². The molecule has 1 amide bonds.